The van der Waals surface area contributed by atoms with E-state index in [0.717, 1.165) is 11.4 Å². The number of likely N-dealkylation sites (N-methyl/N-ethyl adjacent to an activating group) is 1. The quantitative estimate of drug-likeness (QED) is 0.785. The smallest absolute Gasteiger partial charge is 0.142 e. The fourth-order valence-corrected chi connectivity index (χ4v) is 3.82. The molecule has 0 bridgehead atoms. The van der Waals surface area contributed by atoms with Crippen LogP contribution in [0.25, 0.3) is 0 Å². The van der Waals surface area contributed by atoms with E-state index >= 15 is 0 Å². The lowest BCUT2D eigenvalue weighted by Gasteiger charge is -2.39. The Bertz CT molecular complexity index is 637. The highest BCUT2D eigenvalue weighted by Gasteiger charge is 2.31. The van der Waals surface area contributed by atoms with Gasteiger partial charge in [0.15, 0.2) is 0 Å². The van der Waals surface area contributed by atoms with Gasteiger partial charge in [-0.05, 0) is 50.6 Å². The number of nitrogens with zero attached hydrogens (tertiary/aromatic N) is 2. The van der Waals surface area contributed by atoms with E-state index in [4.69, 9.17) is 4.74 Å². The van der Waals surface area contributed by atoms with Crippen LogP contribution in [0.5, 0.6) is 5.75 Å². The molecule has 3 heteroatoms. The average molecular weight is 324 g/mol. The van der Waals surface area contributed by atoms with Gasteiger partial charge in [-0.2, -0.15) is 0 Å². The Morgan fingerprint density at radius 2 is 1.58 bits per heavy atom. The monoisotopic (exact) mass is 324 g/mol. The first-order valence-electron chi connectivity index (χ1n) is 8.87. The Hall–Kier alpha value is -2.00. The fraction of sp³-hybridized carbons (Fsp3) is 0.429. The molecule has 128 valence electrons. The van der Waals surface area contributed by atoms with E-state index < -0.39 is 0 Å². The molecule has 0 aliphatic carbocycles. The first kappa shape index (κ1) is 16.8. The van der Waals surface area contributed by atoms with Crippen LogP contribution >= 0.6 is 0 Å². The number of methoxy groups -OCH3 is 1. The zero-order valence-electron chi connectivity index (χ0n) is 15.0. The lowest BCUT2D eigenvalue weighted by atomic mass is 9.97. The standard InChI is InChI=1S/C21H28N2O/c1-17(22(2)19-13-7-8-14-20(19)24-3)21(23-15-9-10-16-23)18-11-5-4-6-12-18/h4-8,11-14,17,21H,9-10,15-16H2,1-3H3. The Morgan fingerprint density at radius 1 is 0.958 bits per heavy atom. The summed E-state index contributed by atoms with van der Waals surface area (Å²) in [4.78, 5) is 4.99. The third-order valence-corrected chi connectivity index (χ3v) is 5.21. The van der Waals surface area contributed by atoms with E-state index in [-0.39, 0.29) is 0 Å². The number of benzene rings is 2. The molecule has 3 nitrogen and oxygen atoms in total. The van der Waals surface area contributed by atoms with E-state index in [1.807, 2.05) is 12.1 Å². The maximum absolute atomic E-state index is 5.57. The maximum Gasteiger partial charge on any atom is 0.142 e. The molecule has 2 aromatic rings. The van der Waals surface area contributed by atoms with Crippen molar-refractivity contribution in [3.63, 3.8) is 0 Å². The highest BCUT2D eigenvalue weighted by Crippen LogP contribution is 2.35. The van der Waals surface area contributed by atoms with Gasteiger partial charge in [0.25, 0.3) is 0 Å². The maximum atomic E-state index is 5.57. The molecule has 0 amide bonds. The van der Waals surface area contributed by atoms with Gasteiger partial charge in [0.1, 0.15) is 5.75 Å². The predicted octanol–water partition coefficient (Wildman–Crippen LogP) is 4.36. The van der Waals surface area contributed by atoms with Crippen LogP contribution in [0.15, 0.2) is 54.6 Å². The van der Waals surface area contributed by atoms with Crippen molar-refractivity contribution < 1.29 is 4.74 Å². The summed E-state index contributed by atoms with van der Waals surface area (Å²) in [6.07, 6.45) is 2.60. The van der Waals surface area contributed by atoms with E-state index in [1.165, 1.54) is 31.5 Å². The number of ether oxygens (including phenoxy) is 1. The van der Waals surface area contributed by atoms with Crippen LogP contribution in [-0.4, -0.2) is 38.2 Å². The zero-order valence-corrected chi connectivity index (χ0v) is 15.0. The van der Waals surface area contributed by atoms with Crippen LogP contribution in [-0.2, 0) is 0 Å². The molecule has 1 fully saturated rings. The van der Waals surface area contributed by atoms with E-state index in [1.54, 1.807) is 7.11 Å². The van der Waals surface area contributed by atoms with Gasteiger partial charge in [-0.3, -0.25) is 4.90 Å². The minimum absolute atomic E-state index is 0.349. The molecule has 0 radical (unpaired) electrons. The molecular formula is C21H28N2O. The number of rotatable bonds is 6. The van der Waals surface area contributed by atoms with E-state index in [2.05, 4.69) is 66.2 Å². The molecule has 0 N–H and O–H groups in total. The summed E-state index contributed by atoms with van der Waals surface area (Å²) in [5.41, 5.74) is 2.54. The highest BCUT2D eigenvalue weighted by molar-refractivity contribution is 5.58. The SMILES string of the molecule is COc1ccccc1N(C)C(C)C(c1ccccc1)N1CCCC1. The Balaban J connectivity index is 1.92. The van der Waals surface area contributed by atoms with Gasteiger partial charge in [0.05, 0.1) is 18.8 Å². The van der Waals surface area contributed by atoms with Crippen molar-refractivity contribution >= 4 is 5.69 Å². The van der Waals surface area contributed by atoms with Gasteiger partial charge in [-0.15, -0.1) is 0 Å². The summed E-state index contributed by atoms with van der Waals surface area (Å²) in [5.74, 6) is 0.931. The Morgan fingerprint density at radius 3 is 2.25 bits per heavy atom. The topological polar surface area (TPSA) is 15.7 Å². The van der Waals surface area contributed by atoms with E-state index in [0.29, 0.717) is 12.1 Å². The van der Waals surface area contributed by atoms with Gasteiger partial charge in [0.2, 0.25) is 0 Å². The lowest BCUT2D eigenvalue weighted by molar-refractivity contribution is 0.216. The molecule has 24 heavy (non-hydrogen) atoms. The highest BCUT2D eigenvalue weighted by atomic mass is 16.5. The van der Waals surface area contributed by atoms with Crippen LogP contribution in [0.3, 0.4) is 0 Å². The minimum atomic E-state index is 0.349. The van der Waals surface area contributed by atoms with Crippen LogP contribution in [0, 0.1) is 0 Å². The second-order valence-electron chi connectivity index (χ2n) is 6.62. The largest absolute Gasteiger partial charge is 0.495 e. The first-order chi connectivity index (χ1) is 11.7. The molecule has 1 aliphatic heterocycles. The van der Waals surface area contributed by atoms with E-state index in [9.17, 15) is 0 Å². The molecule has 2 atom stereocenters. The number of hydrogen-bond acceptors (Lipinski definition) is 3. The first-order valence-corrected chi connectivity index (χ1v) is 8.87. The lowest BCUT2D eigenvalue weighted by Crippen LogP contribution is -2.42. The Kier molecular flexibility index (Phi) is 5.41. The van der Waals surface area contributed by atoms with Gasteiger partial charge >= 0.3 is 0 Å². The number of likely N-dealkylation sites (tertiary alicyclic amines) is 1. The number of hydrogen-bond donors (Lipinski definition) is 0. The van der Waals surface area contributed by atoms with Crippen molar-refractivity contribution in [2.45, 2.75) is 31.8 Å². The zero-order chi connectivity index (χ0) is 16.9. The molecule has 0 aromatic heterocycles. The number of para-hydroxylation sites is 2. The second kappa shape index (κ2) is 7.71. The third-order valence-electron chi connectivity index (χ3n) is 5.21. The van der Waals surface area contributed by atoms with Gasteiger partial charge in [-0.1, -0.05) is 42.5 Å². The van der Waals surface area contributed by atoms with Gasteiger partial charge in [0, 0.05) is 13.1 Å². The summed E-state index contributed by atoms with van der Waals surface area (Å²) in [7, 11) is 3.92. The van der Waals surface area contributed by atoms with Crippen molar-refractivity contribution in [3.8, 4) is 5.75 Å². The van der Waals surface area contributed by atoms with Crippen LogP contribution in [0.2, 0.25) is 0 Å². The average Bonchev–Trinajstić information content (AvgIpc) is 3.16. The Labute approximate surface area is 145 Å². The van der Waals surface area contributed by atoms with Crippen LogP contribution < -0.4 is 9.64 Å². The molecule has 3 rings (SSSR count). The summed E-state index contributed by atoms with van der Waals surface area (Å²) >= 11 is 0. The van der Waals surface area contributed by atoms with Gasteiger partial charge < -0.3 is 9.64 Å². The summed E-state index contributed by atoms with van der Waals surface area (Å²) in [6.45, 7) is 4.69. The van der Waals surface area contributed by atoms with Crippen molar-refractivity contribution in [1.29, 1.82) is 0 Å². The minimum Gasteiger partial charge on any atom is -0.495 e. The molecule has 2 unspecified atom stereocenters. The third kappa shape index (κ3) is 3.41. The normalized spacial score (nSPS) is 17.5. The van der Waals surface area contributed by atoms with Crippen molar-refractivity contribution in [2.75, 3.05) is 32.1 Å². The van der Waals surface area contributed by atoms with Crippen LogP contribution in [0.1, 0.15) is 31.4 Å². The van der Waals surface area contributed by atoms with Crippen molar-refractivity contribution in [2.24, 2.45) is 0 Å². The second-order valence-corrected chi connectivity index (χ2v) is 6.62. The van der Waals surface area contributed by atoms with Crippen LogP contribution in [0.4, 0.5) is 5.69 Å². The molecular weight excluding hydrogens is 296 g/mol. The van der Waals surface area contributed by atoms with Crippen molar-refractivity contribution in [3.05, 3.63) is 60.2 Å². The predicted molar refractivity (Wildman–Crippen MR) is 101 cm³/mol. The molecule has 1 heterocycles. The molecule has 0 spiro atoms. The van der Waals surface area contributed by atoms with Crippen molar-refractivity contribution in [1.82, 2.24) is 4.90 Å². The number of anilines is 1. The molecule has 0 saturated carbocycles. The molecule has 1 saturated heterocycles. The van der Waals surface area contributed by atoms with Gasteiger partial charge in [-0.25, -0.2) is 0 Å². The summed E-state index contributed by atoms with van der Waals surface area (Å²) in [6, 6.07) is 19.9. The summed E-state index contributed by atoms with van der Waals surface area (Å²) < 4.78 is 5.57. The summed E-state index contributed by atoms with van der Waals surface area (Å²) in [5, 5.41) is 0. The fourth-order valence-electron chi connectivity index (χ4n) is 3.82. The molecule has 2 aromatic carbocycles. The molecule has 1 aliphatic rings.